The molecule has 0 unspecified atom stereocenters. The summed E-state index contributed by atoms with van der Waals surface area (Å²) in [5, 5.41) is 3.51. The Morgan fingerprint density at radius 3 is 2.64 bits per heavy atom. The van der Waals surface area contributed by atoms with Gasteiger partial charge in [0.2, 0.25) is 5.95 Å². The van der Waals surface area contributed by atoms with E-state index in [0.29, 0.717) is 30.0 Å². The first kappa shape index (κ1) is 23.2. The Morgan fingerprint density at radius 1 is 1.18 bits per heavy atom. The van der Waals surface area contributed by atoms with E-state index < -0.39 is 5.72 Å². The fourth-order valence-electron chi connectivity index (χ4n) is 4.61. The van der Waals surface area contributed by atoms with Gasteiger partial charge in [0.25, 0.3) is 0 Å². The number of anilines is 1. The highest BCUT2D eigenvalue weighted by atomic mass is 16.5. The minimum absolute atomic E-state index is 0.163. The van der Waals surface area contributed by atoms with E-state index in [1.165, 1.54) is 12.8 Å². The van der Waals surface area contributed by atoms with Crippen LogP contribution in [0.3, 0.4) is 0 Å². The quantitative estimate of drug-likeness (QED) is 0.542. The number of imidazole rings is 1. The summed E-state index contributed by atoms with van der Waals surface area (Å²) in [6, 6.07) is 10.2. The van der Waals surface area contributed by atoms with Crippen LogP contribution in [0.5, 0.6) is 0 Å². The van der Waals surface area contributed by atoms with Crippen LogP contribution in [0.2, 0.25) is 0 Å². The lowest BCUT2D eigenvalue weighted by molar-refractivity contribution is -0.0745. The van der Waals surface area contributed by atoms with E-state index in [1.54, 1.807) is 15.3 Å². The molecule has 1 aliphatic rings. The second-order valence-electron chi connectivity index (χ2n) is 9.59. The van der Waals surface area contributed by atoms with Gasteiger partial charge in [-0.25, -0.2) is 14.8 Å². The number of aromatic nitrogens is 4. The van der Waals surface area contributed by atoms with Gasteiger partial charge in [0.05, 0.1) is 17.1 Å². The number of nitrogens with zero attached hydrogens (tertiary/aromatic N) is 4. The fourth-order valence-corrected chi connectivity index (χ4v) is 4.61. The smallest absolute Gasteiger partial charge is 0.335 e. The number of ether oxygens (including phenoxy) is 1. The van der Waals surface area contributed by atoms with Gasteiger partial charge in [0.1, 0.15) is 5.72 Å². The van der Waals surface area contributed by atoms with Gasteiger partial charge in [-0.3, -0.25) is 9.13 Å². The normalized spacial score (nSPS) is 18.9. The summed E-state index contributed by atoms with van der Waals surface area (Å²) in [4.78, 5) is 22.9. The van der Waals surface area contributed by atoms with Crippen molar-refractivity contribution in [1.29, 1.82) is 0 Å². The first-order chi connectivity index (χ1) is 15.8. The summed E-state index contributed by atoms with van der Waals surface area (Å²) in [5.41, 5.74) is 2.34. The minimum atomic E-state index is -0.789. The van der Waals surface area contributed by atoms with Gasteiger partial charge >= 0.3 is 5.69 Å². The lowest BCUT2D eigenvalue weighted by Gasteiger charge is -2.26. The molecule has 0 spiro atoms. The van der Waals surface area contributed by atoms with Gasteiger partial charge < -0.3 is 10.1 Å². The summed E-state index contributed by atoms with van der Waals surface area (Å²) in [6.07, 6.45) is 8.30. The van der Waals surface area contributed by atoms with Crippen molar-refractivity contribution in [2.24, 2.45) is 5.92 Å². The van der Waals surface area contributed by atoms with Crippen LogP contribution in [-0.4, -0.2) is 31.8 Å². The van der Waals surface area contributed by atoms with Crippen LogP contribution in [0.1, 0.15) is 58.9 Å². The summed E-state index contributed by atoms with van der Waals surface area (Å²) < 4.78 is 9.25. The number of hydrogen-bond acceptors (Lipinski definition) is 5. The Morgan fingerprint density at radius 2 is 1.94 bits per heavy atom. The molecule has 176 valence electrons. The van der Waals surface area contributed by atoms with Crippen molar-refractivity contribution in [3.05, 3.63) is 58.8 Å². The molecular formula is C26H35N5O2. The van der Waals surface area contributed by atoms with Crippen molar-refractivity contribution in [1.82, 2.24) is 19.1 Å². The maximum Gasteiger partial charge on any atom is 0.335 e. The Labute approximate surface area is 195 Å². The van der Waals surface area contributed by atoms with Gasteiger partial charge in [-0.05, 0) is 83.1 Å². The molecule has 4 rings (SSSR count). The van der Waals surface area contributed by atoms with Crippen LogP contribution in [-0.2, 0) is 10.5 Å². The van der Waals surface area contributed by atoms with E-state index in [2.05, 4.69) is 17.2 Å². The van der Waals surface area contributed by atoms with Gasteiger partial charge in [0, 0.05) is 25.0 Å². The van der Waals surface area contributed by atoms with E-state index in [9.17, 15) is 4.79 Å². The summed E-state index contributed by atoms with van der Waals surface area (Å²) in [5.74, 6) is 1.39. The van der Waals surface area contributed by atoms with Crippen molar-refractivity contribution >= 4 is 5.95 Å². The standard InChI is InChI=1S/C26H35N5O2/c1-6-33-26(4,5)30-17-23(31(25(30)32)21-9-7-8-19(3)16-21)22-14-15-27-24(29-22)28-20-12-10-18(2)11-13-20/h7-9,14-18,20H,6,10-13H2,1-5H3,(H,27,28,29)/t18-,20-. The molecule has 1 fully saturated rings. The molecule has 0 amide bonds. The second-order valence-corrected chi connectivity index (χ2v) is 9.59. The summed E-state index contributed by atoms with van der Waals surface area (Å²) in [7, 11) is 0. The molecule has 0 aliphatic heterocycles. The van der Waals surface area contributed by atoms with E-state index >= 15 is 0 Å². The minimum Gasteiger partial charge on any atom is -0.356 e. The van der Waals surface area contributed by atoms with E-state index in [0.717, 1.165) is 30.0 Å². The van der Waals surface area contributed by atoms with Crippen molar-refractivity contribution in [3.63, 3.8) is 0 Å². The molecular weight excluding hydrogens is 414 g/mol. The first-order valence-corrected chi connectivity index (χ1v) is 11.9. The monoisotopic (exact) mass is 449 g/mol. The Hall–Kier alpha value is -2.93. The van der Waals surface area contributed by atoms with Crippen molar-refractivity contribution in [2.45, 2.75) is 72.1 Å². The van der Waals surface area contributed by atoms with Gasteiger partial charge in [-0.15, -0.1) is 0 Å². The Balaban J connectivity index is 1.77. The van der Waals surface area contributed by atoms with Gasteiger partial charge in [-0.2, -0.15) is 0 Å². The van der Waals surface area contributed by atoms with Gasteiger partial charge in [0.15, 0.2) is 0 Å². The second kappa shape index (κ2) is 9.51. The molecule has 0 radical (unpaired) electrons. The SMILES string of the molecule is CCOC(C)(C)n1cc(-c2ccnc(N[C@H]3CC[C@H](C)CC3)n2)n(-c2cccc(C)c2)c1=O. The molecule has 2 aromatic heterocycles. The van der Waals surface area contributed by atoms with Crippen LogP contribution in [0.15, 0.2) is 47.5 Å². The third-order valence-electron chi connectivity index (χ3n) is 6.49. The molecule has 1 aromatic carbocycles. The van der Waals surface area contributed by atoms with Gasteiger partial charge in [-0.1, -0.05) is 19.1 Å². The zero-order valence-electron chi connectivity index (χ0n) is 20.3. The maximum atomic E-state index is 13.6. The van der Waals surface area contributed by atoms with E-state index in [4.69, 9.17) is 9.72 Å². The number of rotatable bonds is 7. The van der Waals surface area contributed by atoms with Crippen LogP contribution in [0.25, 0.3) is 17.1 Å². The molecule has 1 N–H and O–H groups in total. The fraction of sp³-hybridized carbons (Fsp3) is 0.500. The average molecular weight is 450 g/mol. The summed E-state index contributed by atoms with van der Waals surface area (Å²) >= 11 is 0. The van der Waals surface area contributed by atoms with Crippen LogP contribution in [0, 0.1) is 12.8 Å². The topological polar surface area (TPSA) is 74.0 Å². The Kier molecular flexibility index (Phi) is 6.70. The molecule has 1 aliphatic carbocycles. The third-order valence-corrected chi connectivity index (χ3v) is 6.49. The number of benzene rings is 1. The van der Waals surface area contributed by atoms with E-state index in [-0.39, 0.29) is 5.69 Å². The van der Waals surface area contributed by atoms with Crippen LogP contribution >= 0.6 is 0 Å². The maximum absolute atomic E-state index is 13.6. The number of aryl methyl sites for hydroxylation is 1. The molecule has 2 heterocycles. The van der Waals surface area contributed by atoms with Crippen molar-refractivity contribution in [3.8, 4) is 17.1 Å². The molecule has 3 aromatic rings. The highest BCUT2D eigenvalue weighted by molar-refractivity contribution is 5.59. The number of hydrogen-bond donors (Lipinski definition) is 1. The number of nitrogens with one attached hydrogen (secondary N) is 1. The highest BCUT2D eigenvalue weighted by Gasteiger charge is 2.27. The summed E-state index contributed by atoms with van der Waals surface area (Å²) in [6.45, 7) is 10.6. The molecule has 1 saturated carbocycles. The Bertz CT molecular complexity index is 1160. The van der Waals surface area contributed by atoms with E-state index in [1.807, 2.05) is 64.2 Å². The lowest BCUT2D eigenvalue weighted by atomic mass is 9.87. The molecule has 33 heavy (non-hydrogen) atoms. The molecule has 0 atom stereocenters. The molecule has 0 saturated heterocycles. The molecule has 0 bridgehead atoms. The molecule has 7 heteroatoms. The van der Waals surface area contributed by atoms with Crippen molar-refractivity contribution < 1.29 is 4.74 Å². The lowest BCUT2D eigenvalue weighted by Crippen LogP contribution is -2.38. The molecule has 7 nitrogen and oxygen atoms in total. The zero-order valence-corrected chi connectivity index (χ0v) is 20.3. The predicted octanol–water partition coefficient (Wildman–Crippen LogP) is 5.12. The first-order valence-electron chi connectivity index (χ1n) is 11.9. The van der Waals surface area contributed by atoms with Crippen LogP contribution < -0.4 is 11.0 Å². The zero-order chi connectivity index (χ0) is 23.6. The largest absolute Gasteiger partial charge is 0.356 e. The predicted molar refractivity (Wildman–Crippen MR) is 132 cm³/mol. The highest BCUT2D eigenvalue weighted by Crippen LogP contribution is 2.27. The third kappa shape index (κ3) is 5.03. The van der Waals surface area contributed by atoms with Crippen molar-refractivity contribution in [2.75, 3.05) is 11.9 Å². The average Bonchev–Trinajstić information content (AvgIpc) is 3.14. The van der Waals surface area contributed by atoms with Crippen LogP contribution in [0.4, 0.5) is 5.95 Å².